The van der Waals surface area contributed by atoms with Crippen LogP contribution in [0.5, 0.6) is 0 Å². The zero-order valence-corrected chi connectivity index (χ0v) is 14.4. The van der Waals surface area contributed by atoms with Gasteiger partial charge < -0.3 is 4.42 Å². The Morgan fingerprint density at radius 3 is 2.00 bits per heavy atom. The summed E-state index contributed by atoms with van der Waals surface area (Å²) in [5, 5.41) is 0. The Kier molecular flexibility index (Phi) is 5.43. The molecule has 0 aliphatic heterocycles. The minimum Gasteiger partial charge on any atom is -0.438 e. The van der Waals surface area contributed by atoms with E-state index in [1.807, 2.05) is 0 Å². The van der Waals surface area contributed by atoms with Gasteiger partial charge in [0.2, 0.25) is 0 Å². The van der Waals surface area contributed by atoms with Crippen LogP contribution in [0.1, 0.15) is 60.1 Å². The second-order valence-electron chi connectivity index (χ2n) is 6.14. The molecule has 0 spiro atoms. The van der Waals surface area contributed by atoms with E-state index in [1.54, 1.807) is 6.26 Å². The van der Waals surface area contributed by atoms with E-state index in [1.165, 1.54) is 0 Å². The van der Waals surface area contributed by atoms with Gasteiger partial charge in [-0.05, 0) is 29.0 Å². The summed E-state index contributed by atoms with van der Waals surface area (Å²) in [5.74, 6) is 3.80. The molecule has 19 heavy (non-hydrogen) atoms. The van der Waals surface area contributed by atoms with Crippen LogP contribution < -0.4 is 0 Å². The summed E-state index contributed by atoms with van der Waals surface area (Å²) in [6.07, 6.45) is 2.61. The largest absolute Gasteiger partial charge is 0.438 e. The first-order valence-corrected chi connectivity index (χ1v) is 9.55. The van der Waals surface area contributed by atoms with E-state index in [0.29, 0.717) is 22.5 Å². The van der Waals surface area contributed by atoms with E-state index in [0.717, 1.165) is 12.1 Å². The zero-order chi connectivity index (χ0) is 14.6. The third-order valence-corrected chi connectivity index (χ3v) is 10.5. The summed E-state index contributed by atoms with van der Waals surface area (Å²) in [4.78, 5) is 4.39. The molecule has 0 unspecified atom stereocenters. The Hall–Kier alpha value is -1.01. The summed E-state index contributed by atoms with van der Waals surface area (Å²) in [7, 11) is -1.67. The van der Waals surface area contributed by atoms with Crippen LogP contribution in [0.4, 0.5) is 0 Å². The van der Waals surface area contributed by atoms with Crippen LogP contribution in [-0.2, 0) is 6.42 Å². The van der Waals surface area contributed by atoms with Gasteiger partial charge in [0, 0.05) is 0 Å². The minimum atomic E-state index is -1.67. The minimum absolute atomic E-state index is 0.579. The first-order valence-electron chi connectivity index (χ1n) is 7.32. The molecule has 0 atom stereocenters. The van der Waals surface area contributed by atoms with E-state index in [9.17, 15) is 0 Å². The molecule has 106 valence electrons. The number of hydrogen-bond acceptors (Lipinski definition) is 2. The van der Waals surface area contributed by atoms with Crippen LogP contribution in [0, 0.1) is 11.5 Å². The molecule has 1 heterocycles. The first-order chi connectivity index (χ1) is 8.84. The van der Waals surface area contributed by atoms with Crippen molar-refractivity contribution in [3.05, 3.63) is 17.8 Å². The smallest absolute Gasteiger partial charge is 0.272 e. The standard InChI is InChI=1S/C16H27NOSi/c1-8-15-11-18-16(17-15)9-10-19(12(2)3,13(4)5)14(6)7/h11-14H,8H2,1-7H3. The van der Waals surface area contributed by atoms with Crippen LogP contribution >= 0.6 is 0 Å². The molecule has 0 aliphatic carbocycles. The predicted molar refractivity (Wildman–Crippen MR) is 83.8 cm³/mol. The highest BCUT2D eigenvalue weighted by Gasteiger charge is 2.41. The lowest BCUT2D eigenvalue weighted by molar-refractivity contribution is 0.542. The SMILES string of the molecule is CCc1coc(C#C[Si](C(C)C)(C(C)C)C(C)C)n1. The molecule has 0 saturated heterocycles. The molecule has 0 amide bonds. The van der Waals surface area contributed by atoms with E-state index >= 15 is 0 Å². The highest BCUT2D eigenvalue weighted by atomic mass is 28.3. The van der Waals surface area contributed by atoms with E-state index in [4.69, 9.17) is 4.42 Å². The van der Waals surface area contributed by atoms with E-state index in [2.05, 4.69) is 64.9 Å². The van der Waals surface area contributed by atoms with Crippen LogP contribution in [-0.4, -0.2) is 13.1 Å². The third kappa shape index (κ3) is 3.30. The highest BCUT2D eigenvalue weighted by molar-refractivity contribution is 6.90. The molecule has 0 saturated carbocycles. The van der Waals surface area contributed by atoms with Crippen LogP contribution in [0.2, 0.25) is 16.6 Å². The van der Waals surface area contributed by atoms with Crippen molar-refractivity contribution in [3.8, 4) is 11.5 Å². The molecule has 0 aromatic carbocycles. The number of rotatable bonds is 4. The van der Waals surface area contributed by atoms with Gasteiger partial charge in [-0.3, -0.25) is 0 Å². The molecule has 0 bridgehead atoms. The van der Waals surface area contributed by atoms with Crippen molar-refractivity contribution in [1.82, 2.24) is 4.98 Å². The molecule has 3 heteroatoms. The summed E-state index contributed by atoms with van der Waals surface area (Å²) in [6, 6.07) is 0. The van der Waals surface area contributed by atoms with Gasteiger partial charge >= 0.3 is 0 Å². The summed E-state index contributed by atoms with van der Waals surface area (Å²) in [6.45, 7) is 16.0. The lowest BCUT2D eigenvalue weighted by Crippen LogP contribution is -2.43. The molecule has 0 N–H and O–H groups in total. The van der Waals surface area contributed by atoms with Gasteiger partial charge in [0.05, 0.1) is 5.69 Å². The zero-order valence-electron chi connectivity index (χ0n) is 13.4. The fourth-order valence-corrected chi connectivity index (χ4v) is 8.31. The maximum atomic E-state index is 5.43. The number of aryl methyl sites for hydroxylation is 1. The van der Waals surface area contributed by atoms with Crippen molar-refractivity contribution < 1.29 is 4.42 Å². The fraction of sp³-hybridized carbons (Fsp3) is 0.688. The van der Waals surface area contributed by atoms with Gasteiger partial charge in [-0.2, -0.15) is 0 Å². The summed E-state index contributed by atoms with van der Waals surface area (Å²) in [5.41, 5.74) is 6.52. The Balaban J connectivity index is 3.15. The number of hydrogen-bond donors (Lipinski definition) is 0. The molecule has 1 aromatic heterocycles. The molecule has 1 aromatic rings. The van der Waals surface area contributed by atoms with Crippen LogP contribution in [0.15, 0.2) is 10.7 Å². The lowest BCUT2D eigenvalue weighted by atomic mass is 10.4. The molecule has 0 radical (unpaired) electrons. The highest BCUT2D eigenvalue weighted by Crippen LogP contribution is 2.40. The lowest BCUT2D eigenvalue weighted by Gasteiger charge is -2.37. The Morgan fingerprint density at radius 2 is 1.63 bits per heavy atom. The quantitative estimate of drug-likeness (QED) is 0.583. The molecule has 0 aliphatic rings. The van der Waals surface area contributed by atoms with Crippen molar-refractivity contribution in [3.63, 3.8) is 0 Å². The Labute approximate surface area is 119 Å². The molecule has 2 nitrogen and oxygen atoms in total. The summed E-state index contributed by atoms with van der Waals surface area (Å²) < 4.78 is 5.43. The van der Waals surface area contributed by atoms with Crippen molar-refractivity contribution in [2.45, 2.75) is 71.5 Å². The van der Waals surface area contributed by atoms with E-state index < -0.39 is 8.07 Å². The number of oxazole rings is 1. The average molecular weight is 277 g/mol. The van der Waals surface area contributed by atoms with Crippen molar-refractivity contribution in [1.29, 1.82) is 0 Å². The summed E-state index contributed by atoms with van der Waals surface area (Å²) >= 11 is 0. The van der Waals surface area contributed by atoms with Gasteiger partial charge in [-0.15, -0.1) is 5.54 Å². The van der Waals surface area contributed by atoms with Gasteiger partial charge in [0.1, 0.15) is 14.3 Å². The van der Waals surface area contributed by atoms with Crippen molar-refractivity contribution in [2.24, 2.45) is 0 Å². The molecular weight excluding hydrogens is 250 g/mol. The first kappa shape index (κ1) is 16.0. The van der Waals surface area contributed by atoms with Crippen LogP contribution in [0.3, 0.4) is 0 Å². The second kappa shape index (κ2) is 6.43. The third-order valence-electron chi connectivity index (χ3n) is 4.17. The second-order valence-corrected chi connectivity index (χ2v) is 11.7. The maximum Gasteiger partial charge on any atom is 0.272 e. The van der Waals surface area contributed by atoms with Gasteiger partial charge in [0.15, 0.2) is 0 Å². The number of nitrogens with zero attached hydrogens (tertiary/aromatic N) is 1. The Bertz CT molecular complexity index is 441. The normalized spacial score (nSPS) is 12.1. The predicted octanol–water partition coefficient (Wildman–Crippen LogP) is 4.81. The van der Waals surface area contributed by atoms with Crippen LogP contribution in [0.25, 0.3) is 0 Å². The Morgan fingerprint density at radius 1 is 1.11 bits per heavy atom. The number of aromatic nitrogens is 1. The van der Waals surface area contributed by atoms with Crippen molar-refractivity contribution in [2.75, 3.05) is 0 Å². The molecule has 1 rings (SSSR count). The topological polar surface area (TPSA) is 26.0 Å². The average Bonchev–Trinajstić information content (AvgIpc) is 2.76. The van der Waals surface area contributed by atoms with Gasteiger partial charge in [-0.1, -0.05) is 48.5 Å². The van der Waals surface area contributed by atoms with Gasteiger partial charge in [0.25, 0.3) is 5.89 Å². The van der Waals surface area contributed by atoms with Gasteiger partial charge in [-0.25, -0.2) is 4.98 Å². The van der Waals surface area contributed by atoms with Crippen molar-refractivity contribution >= 4 is 8.07 Å². The molecular formula is C16H27NOSi. The maximum absolute atomic E-state index is 5.43. The van der Waals surface area contributed by atoms with E-state index in [-0.39, 0.29) is 0 Å². The monoisotopic (exact) mass is 277 g/mol. The molecule has 0 fully saturated rings. The fourth-order valence-electron chi connectivity index (χ4n) is 3.12.